The number of ether oxygens (including phenoxy) is 4. The number of esters is 2. The number of benzene rings is 2. The number of nitrogens with two attached hydrogens (primary N) is 1. The van der Waals surface area contributed by atoms with Gasteiger partial charge < -0.3 is 29.8 Å². The van der Waals surface area contributed by atoms with E-state index in [2.05, 4.69) is 0 Å². The van der Waals surface area contributed by atoms with Crippen LogP contribution in [0.25, 0.3) is 0 Å². The molecule has 3 N–H and O–H groups in total. The molecule has 0 heterocycles. The van der Waals surface area contributed by atoms with Gasteiger partial charge in [0.05, 0.1) is 25.2 Å². The molecule has 0 spiro atoms. The fourth-order valence-electron chi connectivity index (χ4n) is 2.50. The molecule has 0 saturated heterocycles. The van der Waals surface area contributed by atoms with Crippen molar-refractivity contribution in [2.24, 2.45) is 0 Å². The molecule has 2 aromatic carbocycles. The van der Waals surface area contributed by atoms with Gasteiger partial charge in [0.2, 0.25) is 0 Å². The Morgan fingerprint density at radius 2 is 1.19 bits per heavy atom. The van der Waals surface area contributed by atoms with Crippen LogP contribution in [0, 0.1) is 10.1 Å². The molecule has 36 heavy (non-hydrogen) atoms. The quantitative estimate of drug-likeness (QED) is 0.256. The van der Waals surface area contributed by atoms with Crippen molar-refractivity contribution in [2.75, 3.05) is 27.1 Å². The van der Waals surface area contributed by atoms with Crippen LogP contribution in [0.4, 0.5) is 11.4 Å². The highest BCUT2D eigenvalue weighted by Gasteiger charge is 2.23. The number of nitro benzene ring substituents is 1. The number of nitrogen functional groups attached to an aromatic ring is 1. The lowest BCUT2D eigenvalue weighted by Crippen LogP contribution is -2.24. The average molecular weight is 509 g/mol. The number of nitro groups is 1. The number of anilines is 1. The molecule has 11 nitrogen and oxygen atoms in total. The SMILES string of the molecule is CO.COc1cc(N)ccc1C(=O)OC(C)(C)C.COc1cc([N+](=O)[O-])ccc1C(=O)OC(C)(C)C. The highest BCUT2D eigenvalue weighted by atomic mass is 16.6. The molecule has 0 saturated carbocycles. The van der Waals surface area contributed by atoms with Crippen LogP contribution in [0.2, 0.25) is 0 Å². The number of non-ortho nitro benzene ring substituents is 1. The standard InChI is InChI=1S/C12H15NO5.C12H17NO3.CH4O/c1-12(2,3)18-11(14)9-6-5-8(13(15)16)7-10(9)17-4;1-12(2,3)16-11(14)9-6-5-8(13)7-10(9)15-4;1-2/h5-7H,1-4H3;5-7H,13H2,1-4H3;2H,1H3. The van der Waals surface area contributed by atoms with Crippen LogP contribution in [-0.2, 0) is 9.47 Å². The summed E-state index contributed by atoms with van der Waals surface area (Å²) in [4.78, 5) is 33.7. The fourth-order valence-corrected chi connectivity index (χ4v) is 2.50. The maximum atomic E-state index is 11.8. The highest BCUT2D eigenvalue weighted by Crippen LogP contribution is 2.27. The van der Waals surface area contributed by atoms with Gasteiger partial charge in [-0.3, -0.25) is 10.1 Å². The predicted molar refractivity (Wildman–Crippen MR) is 136 cm³/mol. The third-order valence-corrected chi connectivity index (χ3v) is 3.86. The van der Waals surface area contributed by atoms with Gasteiger partial charge in [-0.05, 0) is 59.7 Å². The lowest BCUT2D eigenvalue weighted by atomic mass is 10.1. The maximum Gasteiger partial charge on any atom is 0.342 e. The first-order valence-corrected chi connectivity index (χ1v) is 10.8. The molecule has 0 aromatic heterocycles. The second-order valence-electron chi connectivity index (χ2n) is 9.11. The molecule has 200 valence electrons. The van der Waals surface area contributed by atoms with E-state index in [-0.39, 0.29) is 17.0 Å². The summed E-state index contributed by atoms with van der Waals surface area (Å²) in [7, 11) is 3.83. The molecule has 0 atom stereocenters. The molecule has 0 amide bonds. The second-order valence-corrected chi connectivity index (χ2v) is 9.11. The number of hydrogen-bond acceptors (Lipinski definition) is 10. The summed E-state index contributed by atoms with van der Waals surface area (Å²) in [5.41, 5.74) is 5.39. The highest BCUT2D eigenvalue weighted by molar-refractivity contribution is 5.93. The van der Waals surface area contributed by atoms with Gasteiger partial charge in [-0.1, -0.05) is 0 Å². The summed E-state index contributed by atoms with van der Waals surface area (Å²) >= 11 is 0. The normalized spacial score (nSPS) is 10.5. The Bertz CT molecular complexity index is 1040. The van der Waals surface area contributed by atoms with E-state index in [4.69, 9.17) is 29.8 Å². The van der Waals surface area contributed by atoms with Crippen LogP contribution >= 0.6 is 0 Å². The van der Waals surface area contributed by atoms with Gasteiger partial charge in [-0.15, -0.1) is 0 Å². The Kier molecular flexibility index (Phi) is 12.4. The van der Waals surface area contributed by atoms with Crippen molar-refractivity contribution in [2.45, 2.75) is 52.7 Å². The smallest absolute Gasteiger partial charge is 0.342 e. The molecular weight excluding hydrogens is 472 g/mol. The first kappa shape index (κ1) is 32.1. The van der Waals surface area contributed by atoms with Crippen LogP contribution < -0.4 is 15.2 Å². The van der Waals surface area contributed by atoms with Gasteiger partial charge in [0, 0.05) is 24.9 Å². The molecule has 0 unspecified atom stereocenters. The molecule has 0 aliphatic rings. The van der Waals surface area contributed by atoms with E-state index in [0.29, 0.717) is 17.0 Å². The van der Waals surface area contributed by atoms with Gasteiger partial charge in [-0.2, -0.15) is 0 Å². The van der Waals surface area contributed by atoms with Crippen molar-refractivity contribution >= 4 is 23.3 Å². The Hall–Kier alpha value is -3.86. The van der Waals surface area contributed by atoms with Crippen molar-refractivity contribution in [3.05, 3.63) is 57.6 Å². The number of aliphatic hydroxyl groups excluding tert-OH is 1. The van der Waals surface area contributed by atoms with Crippen LogP contribution in [0.3, 0.4) is 0 Å². The minimum atomic E-state index is -0.635. The van der Waals surface area contributed by atoms with Crippen LogP contribution in [0.15, 0.2) is 36.4 Å². The van der Waals surface area contributed by atoms with E-state index >= 15 is 0 Å². The lowest BCUT2D eigenvalue weighted by Gasteiger charge is -2.20. The predicted octanol–water partition coefficient (Wildman–Crippen LogP) is 4.40. The van der Waals surface area contributed by atoms with Gasteiger partial charge in [0.1, 0.15) is 33.8 Å². The number of rotatable bonds is 5. The van der Waals surface area contributed by atoms with E-state index in [1.165, 1.54) is 32.4 Å². The topological polar surface area (TPSA) is 160 Å². The molecule has 11 heteroatoms. The molecule has 0 aliphatic carbocycles. The van der Waals surface area contributed by atoms with Gasteiger partial charge in [0.25, 0.3) is 5.69 Å². The zero-order valence-electron chi connectivity index (χ0n) is 22.2. The van der Waals surface area contributed by atoms with Gasteiger partial charge in [0.15, 0.2) is 0 Å². The third kappa shape index (κ3) is 11.0. The van der Waals surface area contributed by atoms with E-state index in [1.807, 2.05) is 20.8 Å². The first-order valence-electron chi connectivity index (χ1n) is 10.8. The van der Waals surface area contributed by atoms with Crippen molar-refractivity contribution in [1.29, 1.82) is 0 Å². The zero-order valence-corrected chi connectivity index (χ0v) is 22.2. The Morgan fingerprint density at radius 1 is 0.806 bits per heavy atom. The van der Waals surface area contributed by atoms with E-state index in [1.54, 1.807) is 39.0 Å². The summed E-state index contributed by atoms with van der Waals surface area (Å²) in [6.45, 7) is 10.7. The molecule has 2 rings (SSSR count). The van der Waals surface area contributed by atoms with Crippen LogP contribution in [0.1, 0.15) is 62.3 Å². The number of aliphatic hydroxyl groups is 1. The number of methoxy groups -OCH3 is 2. The van der Waals surface area contributed by atoms with E-state index in [9.17, 15) is 19.7 Å². The Balaban J connectivity index is 0.000000640. The largest absolute Gasteiger partial charge is 0.496 e. The summed E-state index contributed by atoms with van der Waals surface area (Å²) < 4.78 is 20.5. The maximum absolute atomic E-state index is 11.8. The van der Waals surface area contributed by atoms with Crippen molar-refractivity contribution in [3.63, 3.8) is 0 Å². The Labute approximate surface area is 211 Å². The number of hydrogen-bond donors (Lipinski definition) is 2. The minimum absolute atomic E-state index is 0.124. The van der Waals surface area contributed by atoms with Crippen LogP contribution in [-0.4, -0.2) is 54.5 Å². The molecule has 2 aromatic rings. The van der Waals surface area contributed by atoms with Crippen LogP contribution in [0.5, 0.6) is 11.5 Å². The summed E-state index contributed by atoms with van der Waals surface area (Å²) in [5, 5.41) is 17.6. The molecular formula is C25H36N2O9. The Morgan fingerprint density at radius 3 is 1.56 bits per heavy atom. The average Bonchev–Trinajstić information content (AvgIpc) is 2.77. The van der Waals surface area contributed by atoms with E-state index < -0.39 is 28.1 Å². The summed E-state index contributed by atoms with van der Waals surface area (Å²) in [6.07, 6.45) is 0. The number of carbonyl (C=O) groups is 2. The summed E-state index contributed by atoms with van der Waals surface area (Å²) in [6, 6.07) is 8.59. The summed E-state index contributed by atoms with van der Waals surface area (Å²) in [5.74, 6) is -0.439. The minimum Gasteiger partial charge on any atom is -0.496 e. The fraction of sp³-hybridized carbons (Fsp3) is 0.440. The van der Waals surface area contributed by atoms with Crippen molar-refractivity contribution in [3.8, 4) is 11.5 Å². The molecule has 0 radical (unpaired) electrons. The number of carbonyl (C=O) groups excluding carboxylic acids is 2. The van der Waals surface area contributed by atoms with E-state index in [0.717, 1.165) is 7.11 Å². The number of nitrogens with zero attached hydrogens (tertiary/aromatic N) is 1. The third-order valence-electron chi connectivity index (χ3n) is 3.86. The molecule has 0 fully saturated rings. The van der Waals surface area contributed by atoms with Gasteiger partial charge in [-0.25, -0.2) is 9.59 Å². The lowest BCUT2D eigenvalue weighted by molar-refractivity contribution is -0.384. The first-order chi connectivity index (χ1) is 16.6. The molecule has 0 aliphatic heterocycles. The van der Waals surface area contributed by atoms with Crippen molar-refractivity contribution < 1.29 is 38.6 Å². The monoisotopic (exact) mass is 508 g/mol. The molecule has 0 bridgehead atoms. The van der Waals surface area contributed by atoms with Crippen molar-refractivity contribution in [1.82, 2.24) is 0 Å². The zero-order chi connectivity index (χ0) is 28.3. The van der Waals surface area contributed by atoms with Gasteiger partial charge >= 0.3 is 11.9 Å². The second kappa shape index (κ2) is 13.9.